The minimum absolute atomic E-state index is 0.0166. The molecular weight excluding hydrogens is 212 g/mol. The molecule has 2 bridgehead atoms. The van der Waals surface area contributed by atoms with Gasteiger partial charge in [-0.15, -0.1) is 0 Å². The largest absolute Gasteiger partial charge is 0.392 e. The Morgan fingerprint density at radius 3 is 2.82 bits per heavy atom. The quantitative estimate of drug-likeness (QED) is 0.654. The van der Waals surface area contributed by atoms with Crippen LogP contribution in [0.2, 0.25) is 0 Å². The molecule has 0 saturated heterocycles. The van der Waals surface area contributed by atoms with E-state index in [9.17, 15) is 9.90 Å². The van der Waals surface area contributed by atoms with Crippen LogP contribution in [0.4, 0.5) is 0 Å². The standard InChI is InChI=1S/C15H22O2/c1-8-5-4-6-10-7-11-13(16)9(2)12(14(11)17)15(8,10)3/h6,8-9,11-13,16H,4-5,7H2,1-3H3/t8-,9-,11+,12?,13-,15?/m0/s1. The Morgan fingerprint density at radius 1 is 1.41 bits per heavy atom. The fourth-order valence-corrected chi connectivity index (χ4v) is 4.67. The van der Waals surface area contributed by atoms with Gasteiger partial charge in [0, 0.05) is 17.3 Å². The van der Waals surface area contributed by atoms with Crippen molar-refractivity contribution in [2.45, 2.75) is 46.1 Å². The molecule has 2 nitrogen and oxygen atoms in total. The van der Waals surface area contributed by atoms with Gasteiger partial charge in [-0.1, -0.05) is 32.4 Å². The van der Waals surface area contributed by atoms with Crippen molar-refractivity contribution in [1.82, 2.24) is 0 Å². The zero-order chi connectivity index (χ0) is 12.4. The van der Waals surface area contributed by atoms with Gasteiger partial charge in [-0.2, -0.15) is 0 Å². The van der Waals surface area contributed by atoms with E-state index in [1.54, 1.807) is 0 Å². The van der Waals surface area contributed by atoms with Crippen molar-refractivity contribution >= 4 is 5.78 Å². The fraction of sp³-hybridized carbons (Fsp3) is 0.800. The summed E-state index contributed by atoms with van der Waals surface area (Å²) in [7, 11) is 0. The lowest BCUT2D eigenvalue weighted by molar-refractivity contribution is -0.131. The number of fused-ring (bicyclic) bond motifs is 4. The summed E-state index contributed by atoms with van der Waals surface area (Å²) in [6, 6.07) is 0. The average Bonchev–Trinajstić information content (AvgIpc) is 2.43. The molecule has 17 heavy (non-hydrogen) atoms. The summed E-state index contributed by atoms with van der Waals surface area (Å²) in [4.78, 5) is 12.4. The van der Waals surface area contributed by atoms with Crippen LogP contribution in [-0.4, -0.2) is 17.0 Å². The molecule has 3 rings (SSSR count). The van der Waals surface area contributed by atoms with E-state index in [4.69, 9.17) is 0 Å². The molecule has 0 spiro atoms. The van der Waals surface area contributed by atoms with Gasteiger partial charge in [-0.05, 0) is 31.1 Å². The zero-order valence-electron chi connectivity index (χ0n) is 10.9. The molecule has 0 aromatic heterocycles. The molecule has 0 amide bonds. The second-order valence-electron chi connectivity index (χ2n) is 6.53. The van der Waals surface area contributed by atoms with Crippen LogP contribution in [0, 0.1) is 29.1 Å². The summed E-state index contributed by atoms with van der Waals surface area (Å²) in [5, 5.41) is 10.2. The third-order valence-electron chi connectivity index (χ3n) is 5.94. The predicted octanol–water partition coefficient (Wildman–Crippen LogP) is 2.56. The maximum Gasteiger partial charge on any atom is 0.143 e. The highest BCUT2D eigenvalue weighted by atomic mass is 16.3. The Hall–Kier alpha value is -0.630. The van der Waals surface area contributed by atoms with Crippen LogP contribution in [0.15, 0.2) is 11.6 Å². The molecule has 0 heterocycles. The first kappa shape index (κ1) is 11.5. The van der Waals surface area contributed by atoms with Crippen LogP contribution in [0.5, 0.6) is 0 Å². The maximum absolute atomic E-state index is 12.4. The molecule has 6 atom stereocenters. The molecule has 2 unspecified atom stereocenters. The van der Waals surface area contributed by atoms with E-state index >= 15 is 0 Å². The van der Waals surface area contributed by atoms with Crippen LogP contribution in [0.25, 0.3) is 0 Å². The SMILES string of the molecule is C[C@H]1C2C(=O)[C@H](CC3=CCC[C@H](C)C32C)[C@H]1O. The molecular formula is C15H22O2. The summed E-state index contributed by atoms with van der Waals surface area (Å²) >= 11 is 0. The van der Waals surface area contributed by atoms with Gasteiger partial charge in [0.25, 0.3) is 0 Å². The second kappa shape index (κ2) is 3.44. The van der Waals surface area contributed by atoms with Gasteiger partial charge < -0.3 is 5.11 Å². The number of aliphatic hydroxyl groups excluding tert-OH is 1. The molecule has 2 saturated carbocycles. The lowest BCUT2D eigenvalue weighted by Gasteiger charge is -2.48. The van der Waals surface area contributed by atoms with Crippen LogP contribution >= 0.6 is 0 Å². The van der Waals surface area contributed by atoms with Crippen LogP contribution in [0.1, 0.15) is 40.0 Å². The van der Waals surface area contributed by atoms with E-state index in [0.717, 1.165) is 12.8 Å². The molecule has 2 fully saturated rings. The minimum Gasteiger partial charge on any atom is -0.392 e. The molecule has 0 aliphatic heterocycles. The number of ketones is 1. The van der Waals surface area contributed by atoms with Crippen molar-refractivity contribution in [2.75, 3.05) is 0 Å². The summed E-state index contributed by atoms with van der Waals surface area (Å²) in [6.07, 6.45) is 5.06. The van der Waals surface area contributed by atoms with E-state index in [1.165, 1.54) is 12.0 Å². The highest BCUT2D eigenvalue weighted by molar-refractivity contribution is 5.90. The van der Waals surface area contributed by atoms with Crippen LogP contribution < -0.4 is 0 Å². The van der Waals surface area contributed by atoms with E-state index in [0.29, 0.717) is 11.7 Å². The smallest absolute Gasteiger partial charge is 0.143 e. The van der Waals surface area contributed by atoms with Crippen LogP contribution in [0.3, 0.4) is 0 Å². The van der Waals surface area contributed by atoms with E-state index in [-0.39, 0.29) is 23.2 Å². The normalized spacial score (nSPS) is 53.3. The van der Waals surface area contributed by atoms with Gasteiger partial charge in [-0.25, -0.2) is 0 Å². The molecule has 3 aliphatic carbocycles. The van der Waals surface area contributed by atoms with Crippen molar-refractivity contribution in [3.8, 4) is 0 Å². The summed E-state index contributed by atoms with van der Waals surface area (Å²) in [6.45, 7) is 6.59. The number of hydrogen-bond acceptors (Lipinski definition) is 2. The molecule has 3 aliphatic rings. The highest BCUT2D eigenvalue weighted by Gasteiger charge is 2.61. The number of rotatable bonds is 0. The lowest BCUT2D eigenvalue weighted by Crippen LogP contribution is -2.46. The summed E-state index contributed by atoms with van der Waals surface area (Å²) in [5.74, 6) is 0.963. The summed E-state index contributed by atoms with van der Waals surface area (Å²) in [5.41, 5.74) is 1.47. The number of hydrogen-bond donors (Lipinski definition) is 1. The molecule has 94 valence electrons. The van der Waals surface area contributed by atoms with E-state index in [1.807, 2.05) is 0 Å². The van der Waals surface area contributed by atoms with Gasteiger partial charge in [0.05, 0.1) is 6.10 Å². The first-order valence-corrected chi connectivity index (χ1v) is 6.89. The van der Waals surface area contributed by atoms with Crippen molar-refractivity contribution in [1.29, 1.82) is 0 Å². The topological polar surface area (TPSA) is 37.3 Å². The zero-order valence-corrected chi connectivity index (χ0v) is 10.9. The fourth-order valence-electron chi connectivity index (χ4n) is 4.67. The monoisotopic (exact) mass is 234 g/mol. The Balaban J connectivity index is 2.13. The number of carbonyl (C=O) groups excluding carboxylic acids is 1. The third-order valence-corrected chi connectivity index (χ3v) is 5.94. The number of allylic oxidation sites excluding steroid dienone is 2. The molecule has 2 heteroatoms. The number of aliphatic hydroxyl groups is 1. The van der Waals surface area contributed by atoms with Gasteiger partial charge in [0.1, 0.15) is 5.78 Å². The van der Waals surface area contributed by atoms with Gasteiger partial charge in [-0.3, -0.25) is 4.79 Å². The predicted molar refractivity (Wildman–Crippen MR) is 66.4 cm³/mol. The molecule has 0 radical (unpaired) electrons. The van der Waals surface area contributed by atoms with Crippen molar-refractivity contribution < 1.29 is 9.90 Å². The van der Waals surface area contributed by atoms with Crippen molar-refractivity contribution in [3.05, 3.63) is 11.6 Å². The first-order valence-electron chi connectivity index (χ1n) is 6.89. The van der Waals surface area contributed by atoms with E-state index in [2.05, 4.69) is 26.8 Å². The van der Waals surface area contributed by atoms with E-state index < -0.39 is 6.10 Å². The second-order valence-corrected chi connectivity index (χ2v) is 6.53. The Bertz CT molecular complexity index is 398. The van der Waals surface area contributed by atoms with Gasteiger partial charge in [0.2, 0.25) is 0 Å². The molecule has 1 N–H and O–H groups in total. The van der Waals surface area contributed by atoms with Gasteiger partial charge >= 0.3 is 0 Å². The Labute approximate surface area is 103 Å². The van der Waals surface area contributed by atoms with Crippen molar-refractivity contribution in [3.63, 3.8) is 0 Å². The van der Waals surface area contributed by atoms with Crippen LogP contribution in [-0.2, 0) is 4.79 Å². The highest BCUT2D eigenvalue weighted by Crippen LogP contribution is 2.60. The third kappa shape index (κ3) is 1.22. The Morgan fingerprint density at radius 2 is 2.12 bits per heavy atom. The number of carbonyl (C=O) groups is 1. The minimum atomic E-state index is -0.414. The molecule has 0 aromatic rings. The van der Waals surface area contributed by atoms with Crippen molar-refractivity contribution in [2.24, 2.45) is 29.1 Å². The summed E-state index contributed by atoms with van der Waals surface area (Å²) < 4.78 is 0. The first-order chi connectivity index (χ1) is 7.98. The lowest BCUT2D eigenvalue weighted by atomic mass is 9.55. The van der Waals surface area contributed by atoms with Gasteiger partial charge in [0.15, 0.2) is 0 Å². The molecule has 0 aromatic carbocycles. The Kier molecular flexibility index (Phi) is 2.32. The maximum atomic E-state index is 12.4. The number of Topliss-reactive ketones (excluding diaryl/α,β-unsaturated/α-hetero) is 1. The average molecular weight is 234 g/mol.